The maximum absolute atomic E-state index is 13.0. The molecule has 0 saturated heterocycles. The van der Waals surface area contributed by atoms with Gasteiger partial charge in [-0.05, 0) is 67.6 Å². The highest BCUT2D eigenvalue weighted by Crippen LogP contribution is 2.21. The molecule has 0 aliphatic carbocycles. The molecule has 0 spiro atoms. The van der Waals surface area contributed by atoms with Crippen molar-refractivity contribution in [1.29, 1.82) is 0 Å². The first-order valence-electron chi connectivity index (χ1n) is 8.74. The lowest BCUT2D eigenvalue weighted by Gasteiger charge is -2.23. The highest BCUT2D eigenvalue weighted by molar-refractivity contribution is 5.81. The summed E-state index contributed by atoms with van der Waals surface area (Å²) in [6.45, 7) is 8.08. The van der Waals surface area contributed by atoms with Crippen LogP contribution in [0.15, 0.2) is 42.5 Å². The van der Waals surface area contributed by atoms with E-state index in [1.54, 1.807) is 0 Å². The predicted molar refractivity (Wildman–Crippen MR) is 98.2 cm³/mol. The quantitative estimate of drug-likeness (QED) is 0.779. The standard InChI is InChI=1S/C21H26FNO2/c1-5-19(16-8-7-14(3)15(4)13-16)23-21(24)20(6-2)25-18-11-9-17(22)10-12-18/h7-13,19-20H,5-6H2,1-4H3,(H,23,24)/t19-,20+/m0/s1. The second-order valence-electron chi connectivity index (χ2n) is 6.28. The molecule has 0 aliphatic rings. The molecule has 0 aromatic heterocycles. The van der Waals surface area contributed by atoms with Crippen molar-refractivity contribution in [2.45, 2.75) is 52.7 Å². The zero-order chi connectivity index (χ0) is 18.4. The van der Waals surface area contributed by atoms with Gasteiger partial charge in [0.15, 0.2) is 6.10 Å². The Bertz CT molecular complexity index is 712. The number of hydrogen-bond acceptors (Lipinski definition) is 2. The Balaban J connectivity index is 2.08. The van der Waals surface area contributed by atoms with E-state index in [0.29, 0.717) is 12.2 Å². The molecule has 1 amide bonds. The van der Waals surface area contributed by atoms with E-state index in [1.165, 1.54) is 35.4 Å². The number of aryl methyl sites for hydroxylation is 2. The SMILES string of the molecule is CC[C@H](NC(=O)[C@@H](CC)Oc1ccc(F)cc1)c1ccc(C)c(C)c1. The van der Waals surface area contributed by atoms with Crippen LogP contribution in [0.1, 0.15) is 49.4 Å². The van der Waals surface area contributed by atoms with E-state index in [4.69, 9.17) is 4.74 Å². The predicted octanol–water partition coefficient (Wildman–Crippen LogP) is 4.87. The lowest BCUT2D eigenvalue weighted by Crippen LogP contribution is -2.40. The van der Waals surface area contributed by atoms with Crippen LogP contribution in [-0.2, 0) is 4.79 Å². The van der Waals surface area contributed by atoms with Crippen LogP contribution in [0.4, 0.5) is 4.39 Å². The van der Waals surface area contributed by atoms with Gasteiger partial charge in [-0.3, -0.25) is 4.79 Å². The summed E-state index contributed by atoms with van der Waals surface area (Å²) in [5, 5.41) is 3.07. The molecule has 0 unspecified atom stereocenters. The molecule has 2 rings (SSSR count). The molecule has 2 atom stereocenters. The number of amides is 1. The monoisotopic (exact) mass is 343 g/mol. The topological polar surface area (TPSA) is 38.3 Å². The molecule has 0 fully saturated rings. The van der Waals surface area contributed by atoms with Crippen molar-refractivity contribution in [3.8, 4) is 5.75 Å². The van der Waals surface area contributed by atoms with Gasteiger partial charge in [-0.25, -0.2) is 4.39 Å². The van der Waals surface area contributed by atoms with Crippen LogP contribution in [0.2, 0.25) is 0 Å². The molecule has 0 aliphatic heterocycles. The fraction of sp³-hybridized carbons (Fsp3) is 0.381. The second kappa shape index (κ2) is 8.65. The first-order chi connectivity index (χ1) is 11.9. The average molecular weight is 343 g/mol. The Hall–Kier alpha value is -2.36. The summed E-state index contributed by atoms with van der Waals surface area (Å²) in [6.07, 6.45) is 0.722. The van der Waals surface area contributed by atoms with Gasteiger partial charge in [0.25, 0.3) is 5.91 Å². The number of halogens is 1. The highest BCUT2D eigenvalue weighted by atomic mass is 19.1. The normalized spacial score (nSPS) is 13.2. The number of rotatable bonds is 7. The van der Waals surface area contributed by atoms with Gasteiger partial charge in [0.05, 0.1) is 6.04 Å². The third-order valence-electron chi connectivity index (χ3n) is 4.41. The number of nitrogens with one attached hydrogen (secondary N) is 1. The van der Waals surface area contributed by atoms with Crippen molar-refractivity contribution in [3.63, 3.8) is 0 Å². The van der Waals surface area contributed by atoms with Crippen molar-refractivity contribution >= 4 is 5.91 Å². The van der Waals surface area contributed by atoms with Crippen LogP contribution in [0.25, 0.3) is 0 Å². The van der Waals surface area contributed by atoms with E-state index in [-0.39, 0.29) is 17.8 Å². The molecule has 0 bridgehead atoms. The fourth-order valence-electron chi connectivity index (χ4n) is 2.67. The lowest BCUT2D eigenvalue weighted by molar-refractivity contribution is -0.128. The molecule has 4 heteroatoms. The van der Waals surface area contributed by atoms with Gasteiger partial charge in [0, 0.05) is 0 Å². The van der Waals surface area contributed by atoms with Crippen molar-refractivity contribution in [2.75, 3.05) is 0 Å². The summed E-state index contributed by atoms with van der Waals surface area (Å²) < 4.78 is 18.7. The molecular weight excluding hydrogens is 317 g/mol. The number of benzene rings is 2. The zero-order valence-corrected chi connectivity index (χ0v) is 15.3. The van der Waals surface area contributed by atoms with Crippen LogP contribution < -0.4 is 10.1 Å². The lowest BCUT2D eigenvalue weighted by atomic mass is 9.99. The summed E-state index contributed by atoms with van der Waals surface area (Å²) in [5.74, 6) is 0.00479. The van der Waals surface area contributed by atoms with Crippen molar-refractivity contribution in [3.05, 3.63) is 65.0 Å². The summed E-state index contributed by atoms with van der Waals surface area (Å²) in [7, 11) is 0. The zero-order valence-electron chi connectivity index (χ0n) is 15.3. The Kier molecular flexibility index (Phi) is 6.57. The van der Waals surface area contributed by atoms with Crippen LogP contribution in [0, 0.1) is 19.7 Å². The summed E-state index contributed by atoms with van der Waals surface area (Å²) in [4.78, 5) is 12.6. The minimum atomic E-state index is -0.606. The second-order valence-corrected chi connectivity index (χ2v) is 6.28. The summed E-state index contributed by atoms with van der Waals surface area (Å²) >= 11 is 0. The van der Waals surface area contributed by atoms with Crippen LogP contribution in [-0.4, -0.2) is 12.0 Å². The van der Waals surface area contributed by atoms with Crippen molar-refractivity contribution in [2.24, 2.45) is 0 Å². The Labute approximate surface area is 149 Å². The first kappa shape index (κ1) is 19.0. The molecule has 0 heterocycles. The van der Waals surface area contributed by atoms with Crippen molar-refractivity contribution < 1.29 is 13.9 Å². The van der Waals surface area contributed by atoms with Crippen LogP contribution in [0.5, 0.6) is 5.75 Å². The third kappa shape index (κ3) is 5.05. The molecule has 3 nitrogen and oxygen atoms in total. The highest BCUT2D eigenvalue weighted by Gasteiger charge is 2.22. The minimum Gasteiger partial charge on any atom is -0.481 e. The van der Waals surface area contributed by atoms with E-state index < -0.39 is 6.10 Å². The van der Waals surface area contributed by atoms with Gasteiger partial charge >= 0.3 is 0 Å². The fourth-order valence-corrected chi connectivity index (χ4v) is 2.67. The molecule has 2 aromatic carbocycles. The van der Waals surface area contributed by atoms with Gasteiger partial charge < -0.3 is 10.1 Å². The van der Waals surface area contributed by atoms with Gasteiger partial charge in [-0.15, -0.1) is 0 Å². The Morgan fingerprint density at radius 1 is 1.04 bits per heavy atom. The summed E-state index contributed by atoms with van der Waals surface area (Å²) in [6, 6.07) is 11.9. The van der Waals surface area contributed by atoms with E-state index in [1.807, 2.05) is 13.8 Å². The van der Waals surface area contributed by atoms with E-state index in [9.17, 15) is 9.18 Å². The van der Waals surface area contributed by atoms with Gasteiger partial charge in [-0.2, -0.15) is 0 Å². The molecule has 134 valence electrons. The van der Waals surface area contributed by atoms with E-state index in [2.05, 4.69) is 37.4 Å². The minimum absolute atomic E-state index is 0.0577. The first-order valence-corrected chi connectivity index (χ1v) is 8.74. The number of carbonyl (C=O) groups is 1. The smallest absolute Gasteiger partial charge is 0.261 e. The molecule has 1 N–H and O–H groups in total. The number of hydrogen-bond donors (Lipinski definition) is 1. The van der Waals surface area contributed by atoms with E-state index in [0.717, 1.165) is 12.0 Å². The Morgan fingerprint density at radius 3 is 2.28 bits per heavy atom. The van der Waals surface area contributed by atoms with Crippen molar-refractivity contribution in [1.82, 2.24) is 5.32 Å². The van der Waals surface area contributed by atoms with E-state index >= 15 is 0 Å². The molecule has 0 saturated carbocycles. The summed E-state index contributed by atoms with van der Waals surface area (Å²) in [5.41, 5.74) is 3.53. The van der Waals surface area contributed by atoms with Gasteiger partial charge in [-0.1, -0.05) is 32.0 Å². The molecule has 2 aromatic rings. The molecule has 0 radical (unpaired) electrons. The third-order valence-corrected chi connectivity index (χ3v) is 4.41. The largest absolute Gasteiger partial charge is 0.481 e. The van der Waals surface area contributed by atoms with Crippen LogP contribution in [0.3, 0.4) is 0 Å². The van der Waals surface area contributed by atoms with Gasteiger partial charge in [0.1, 0.15) is 11.6 Å². The molecule has 25 heavy (non-hydrogen) atoms. The molecular formula is C21H26FNO2. The maximum atomic E-state index is 13.0. The number of ether oxygens (including phenoxy) is 1. The van der Waals surface area contributed by atoms with Gasteiger partial charge in [0.2, 0.25) is 0 Å². The van der Waals surface area contributed by atoms with Crippen LogP contribution >= 0.6 is 0 Å². The number of carbonyl (C=O) groups excluding carboxylic acids is 1. The maximum Gasteiger partial charge on any atom is 0.261 e. The average Bonchev–Trinajstić information content (AvgIpc) is 2.61. The Morgan fingerprint density at radius 2 is 1.72 bits per heavy atom.